The maximum Gasteiger partial charge on any atom is 0.235 e. The van der Waals surface area contributed by atoms with E-state index in [0.29, 0.717) is 17.7 Å². The number of hydrogen-bond acceptors (Lipinski definition) is 4. The Labute approximate surface area is 111 Å². The number of nitrogens with zero attached hydrogens (tertiary/aromatic N) is 3. The third kappa shape index (κ3) is 1.91. The second-order valence-corrected chi connectivity index (χ2v) is 5.70. The minimum Gasteiger partial charge on any atom is -0.397 e. The lowest BCUT2D eigenvalue weighted by Gasteiger charge is -2.20. The summed E-state index contributed by atoms with van der Waals surface area (Å²) in [5, 5.41) is -0.0853. The van der Waals surface area contributed by atoms with Gasteiger partial charge in [-0.1, -0.05) is 11.6 Å². The molecule has 2 unspecified atom stereocenters. The Morgan fingerprint density at radius 3 is 2.50 bits per heavy atom. The third-order valence-electron chi connectivity index (χ3n) is 3.92. The van der Waals surface area contributed by atoms with Gasteiger partial charge in [-0.15, -0.1) is 0 Å². The summed E-state index contributed by atoms with van der Waals surface area (Å²) in [6.45, 7) is 4.05. The molecule has 98 valence electrons. The predicted molar refractivity (Wildman–Crippen MR) is 70.3 cm³/mol. The Balaban J connectivity index is 1.81. The van der Waals surface area contributed by atoms with Crippen LogP contribution in [0.25, 0.3) is 0 Å². The second-order valence-electron chi connectivity index (χ2n) is 5.32. The normalized spacial score (nSPS) is 27.8. The van der Waals surface area contributed by atoms with Crippen LogP contribution in [0.2, 0.25) is 5.02 Å². The molecule has 2 fully saturated rings. The summed E-state index contributed by atoms with van der Waals surface area (Å²) in [4.78, 5) is 8.35. The number of aromatic nitrogens is 1. The maximum atomic E-state index is 13.5. The fraction of sp³-hybridized carbons (Fsp3) is 0.583. The monoisotopic (exact) mass is 270 g/mol. The van der Waals surface area contributed by atoms with Crippen LogP contribution in [0.15, 0.2) is 6.07 Å². The molecular weight excluding hydrogens is 255 g/mol. The van der Waals surface area contributed by atoms with Crippen molar-refractivity contribution < 1.29 is 4.39 Å². The Morgan fingerprint density at radius 1 is 1.33 bits per heavy atom. The molecule has 0 aliphatic carbocycles. The molecule has 2 atom stereocenters. The highest BCUT2D eigenvalue weighted by Gasteiger charge is 2.39. The minimum atomic E-state index is -0.680. The van der Waals surface area contributed by atoms with Gasteiger partial charge in [0.05, 0.1) is 5.69 Å². The van der Waals surface area contributed by atoms with E-state index < -0.39 is 5.95 Å². The van der Waals surface area contributed by atoms with Crippen molar-refractivity contribution in [3.63, 3.8) is 0 Å². The molecule has 2 aliphatic heterocycles. The zero-order valence-corrected chi connectivity index (χ0v) is 11.0. The highest BCUT2D eigenvalue weighted by atomic mass is 35.5. The molecule has 0 radical (unpaired) electrons. The van der Waals surface area contributed by atoms with Crippen LogP contribution in [0.4, 0.5) is 15.9 Å². The van der Waals surface area contributed by atoms with Crippen LogP contribution in [-0.4, -0.2) is 43.1 Å². The van der Waals surface area contributed by atoms with E-state index in [1.165, 1.54) is 0 Å². The van der Waals surface area contributed by atoms with E-state index >= 15 is 0 Å². The lowest BCUT2D eigenvalue weighted by atomic mass is 10.0. The van der Waals surface area contributed by atoms with Crippen LogP contribution in [-0.2, 0) is 0 Å². The van der Waals surface area contributed by atoms with Crippen molar-refractivity contribution in [1.29, 1.82) is 0 Å². The first kappa shape index (κ1) is 12.0. The van der Waals surface area contributed by atoms with Crippen LogP contribution in [0, 0.1) is 17.8 Å². The van der Waals surface area contributed by atoms with E-state index in [1.807, 2.05) is 0 Å². The molecule has 0 saturated carbocycles. The highest BCUT2D eigenvalue weighted by molar-refractivity contribution is 6.33. The third-order valence-corrected chi connectivity index (χ3v) is 4.30. The number of halogens is 2. The standard InChI is InChI=1S/C12H16ClFN4/c1-17-3-7-5-18(6-8(7)4-17)10-2-9(15)11(13)12(14)16-10/h2,7-8H,3-6H2,1H3,(H2,15,16). The molecule has 4 nitrogen and oxygen atoms in total. The number of fused-ring (bicyclic) bond motifs is 1. The van der Waals surface area contributed by atoms with Crippen molar-refractivity contribution in [2.24, 2.45) is 11.8 Å². The van der Waals surface area contributed by atoms with Gasteiger partial charge in [0.2, 0.25) is 5.95 Å². The van der Waals surface area contributed by atoms with Crippen LogP contribution >= 0.6 is 11.6 Å². The van der Waals surface area contributed by atoms with Crippen molar-refractivity contribution in [2.45, 2.75) is 0 Å². The molecule has 3 rings (SSSR count). The average molecular weight is 271 g/mol. The van der Waals surface area contributed by atoms with Crippen molar-refractivity contribution in [3.8, 4) is 0 Å². The van der Waals surface area contributed by atoms with Crippen LogP contribution in [0.1, 0.15) is 0 Å². The van der Waals surface area contributed by atoms with Crippen molar-refractivity contribution in [3.05, 3.63) is 17.0 Å². The van der Waals surface area contributed by atoms with Crippen LogP contribution in [0.5, 0.6) is 0 Å². The number of nitrogens with two attached hydrogens (primary N) is 1. The molecule has 1 aromatic rings. The molecule has 2 saturated heterocycles. The first-order valence-electron chi connectivity index (χ1n) is 6.09. The van der Waals surface area contributed by atoms with Crippen molar-refractivity contribution in [2.75, 3.05) is 43.9 Å². The summed E-state index contributed by atoms with van der Waals surface area (Å²) in [5.74, 6) is 1.22. The Morgan fingerprint density at radius 2 is 1.94 bits per heavy atom. The second kappa shape index (κ2) is 4.24. The molecule has 1 aromatic heterocycles. The van der Waals surface area contributed by atoms with Gasteiger partial charge in [-0.3, -0.25) is 0 Å². The number of pyridine rings is 1. The largest absolute Gasteiger partial charge is 0.397 e. The van der Waals surface area contributed by atoms with E-state index in [4.69, 9.17) is 17.3 Å². The molecule has 2 N–H and O–H groups in total. The number of hydrogen-bond donors (Lipinski definition) is 1. The smallest absolute Gasteiger partial charge is 0.235 e. The van der Waals surface area contributed by atoms with Gasteiger partial charge in [0.15, 0.2) is 0 Å². The van der Waals surface area contributed by atoms with E-state index in [-0.39, 0.29) is 10.7 Å². The predicted octanol–water partition coefficient (Wildman–Crippen LogP) is 1.45. The molecule has 6 heteroatoms. The van der Waals surface area contributed by atoms with E-state index in [0.717, 1.165) is 26.2 Å². The quantitative estimate of drug-likeness (QED) is 0.785. The first-order valence-corrected chi connectivity index (χ1v) is 6.47. The Hall–Kier alpha value is -1.07. The van der Waals surface area contributed by atoms with Gasteiger partial charge < -0.3 is 15.5 Å². The summed E-state index contributed by atoms with van der Waals surface area (Å²) < 4.78 is 13.5. The molecule has 0 amide bonds. The molecule has 18 heavy (non-hydrogen) atoms. The van der Waals surface area contributed by atoms with Crippen LogP contribution in [0.3, 0.4) is 0 Å². The minimum absolute atomic E-state index is 0.0853. The summed E-state index contributed by atoms with van der Waals surface area (Å²) in [5.41, 5.74) is 5.94. The van der Waals surface area contributed by atoms with Crippen LogP contribution < -0.4 is 10.6 Å². The van der Waals surface area contributed by atoms with E-state index in [2.05, 4.69) is 21.8 Å². The summed E-state index contributed by atoms with van der Waals surface area (Å²) in [6.07, 6.45) is 0. The fourth-order valence-electron chi connectivity index (χ4n) is 3.08. The van der Waals surface area contributed by atoms with Gasteiger partial charge in [0.25, 0.3) is 0 Å². The van der Waals surface area contributed by atoms with Gasteiger partial charge in [-0.25, -0.2) is 4.98 Å². The van der Waals surface area contributed by atoms with E-state index in [1.54, 1.807) is 6.07 Å². The van der Waals surface area contributed by atoms with Gasteiger partial charge in [-0.05, 0) is 18.9 Å². The first-order chi connectivity index (χ1) is 8.54. The zero-order valence-electron chi connectivity index (χ0n) is 10.2. The maximum absolute atomic E-state index is 13.5. The van der Waals surface area contributed by atoms with Gasteiger partial charge in [-0.2, -0.15) is 4.39 Å². The molecule has 2 aliphatic rings. The molecule has 0 spiro atoms. The van der Waals surface area contributed by atoms with Crippen molar-refractivity contribution >= 4 is 23.1 Å². The summed E-state index contributed by atoms with van der Waals surface area (Å²) >= 11 is 5.68. The number of anilines is 2. The Bertz CT molecular complexity index is 444. The Kier molecular flexibility index (Phi) is 2.83. The highest BCUT2D eigenvalue weighted by Crippen LogP contribution is 2.34. The molecular formula is C12H16ClFN4. The summed E-state index contributed by atoms with van der Waals surface area (Å²) in [6, 6.07) is 1.66. The SMILES string of the molecule is CN1CC2CN(c3cc(N)c(Cl)c(F)n3)CC2C1. The van der Waals surface area contributed by atoms with Gasteiger partial charge in [0, 0.05) is 32.2 Å². The summed E-state index contributed by atoms with van der Waals surface area (Å²) in [7, 11) is 2.14. The number of rotatable bonds is 1. The van der Waals surface area contributed by atoms with Gasteiger partial charge in [0.1, 0.15) is 10.8 Å². The molecule has 0 bridgehead atoms. The fourth-order valence-corrected chi connectivity index (χ4v) is 3.18. The van der Waals surface area contributed by atoms with Gasteiger partial charge >= 0.3 is 0 Å². The van der Waals surface area contributed by atoms with Crippen molar-refractivity contribution in [1.82, 2.24) is 9.88 Å². The number of nitrogen functional groups attached to an aromatic ring is 1. The lowest BCUT2D eigenvalue weighted by molar-refractivity contribution is 0.386. The van der Waals surface area contributed by atoms with E-state index in [9.17, 15) is 4.39 Å². The topological polar surface area (TPSA) is 45.4 Å². The molecule has 0 aromatic carbocycles. The zero-order chi connectivity index (χ0) is 12.9. The molecule has 3 heterocycles. The number of likely N-dealkylation sites (tertiary alicyclic amines) is 1. The average Bonchev–Trinajstić information content (AvgIpc) is 2.82. The lowest BCUT2D eigenvalue weighted by Crippen LogP contribution is -2.27.